The number of nitro benzene ring substituents is 1. The SMILES string of the molecule is CCNC(=O)C(C)N(Cc1cccc(C)c1)C(=O)Cc1ccccc1[N+](=O)[O-]. The van der Waals surface area contributed by atoms with Crippen molar-refractivity contribution in [1.82, 2.24) is 10.2 Å². The van der Waals surface area contributed by atoms with E-state index < -0.39 is 11.0 Å². The van der Waals surface area contributed by atoms with E-state index in [-0.39, 0.29) is 30.5 Å². The van der Waals surface area contributed by atoms with Gasteiger partial charge in [0.2, 0.25) is 11.8 Å². The molecule has 0 aromatic heterocycles. The highest BCUT2D eigenvalue weighted by atomic mass is 16.6. The Hall–Kier alpha value is -3.22. The van der Waals surface area contributed by atoms with Gasteiger partial charge < -0.3 is 10.2 Å². The Morgan fingerprint density at radius 2 is 1.89 bits per heavy atom. The monoisotopic (exact) mass is 383 g/mol. The molecule has 7 nitrogen and oxygen atoms in total. The topological polar surface area (TPSA) is 92.6 Å². The summed E-state index contributed by atoms with van der Waals surface area (Å²) < 4.78 is 0. The van der Waals surface area contributed by atoms with Crippen LogP contribution in [0, 0.1) is 17.0 Å². The minimum absolute atomic E-state index is 0.1000. The Balaban J connectivity index is 2.31. The van der Waals surface area contributed by atoms with Gasteiger partial charge in [0.25, 0.3) is 5.69 Å². The number of benzene rings is 2. The standard InChI is InChI=1S/C21H25N3O4/c1-4-22-21(26)16(3)23(14-17-9-7-8-15(2)12-17)20(25)13-18-10-5-6-11-19(18)24(27)28/h5-12,16H,4,13-14H2,1-3H3,(H,22,26). The number of aryl methyl sites for hydroxylation is 1. The number of rotatable bonds is 8. The van der Waals surface area contributed by atoms with Crippen molar-refractivity contribution in [1.29, 1.82) is 0 Å². The summed E-state index contributed by atoms with van der Waals surface area (Å²) in [6.45, 7) is 6.14. The minimum atomic E-state index is -0.698. The highest BCUT2D eigenvalue weighted by Crippen LogP contribution is 2.20. The molecule has 2 rings (SSSR count). The first-order valence-electron chi connectivity index (χ1n) is 9.18. The van der Waals surface area contributed by atoms with E-state index >= 15 is 0 Å². The molecule has 0 aliphatic carbocycles. The molecule has 0 bridgehead atoms. The number of carbonyl (C=O) groups is 2. The summed E-state index contributed by atoms with van der Waals surface area (Å²) in [5.41, 5.74) is 2.17. The fraction of sp³-hybridized carbons (Fsp3) is 0.333. The molecule has 28 heavy (non-hydrogen) atoms. The van der Waals surface area contributed by atoms with Crippen molar-refractivity contribution < 1.29 is 14.5 Å². The lowest BCUT2D eigenvalue weighted by atomic mass is 10.1. The van der Waals surface area contributed by atoms with Gasteiger partial charge >= 0.3 is 0 Å². The number of nitrogens with zero attached hydrogens (tertiary/aromatic N) is 2. The molecular weight excluding hydrogens is 358 g/mol. The number of hydrogen-bond acceptors (Lipinski definition) is 4. The minimum Gasteiger partial charge on any atom is -0.355 e. The third-order valence-electron chi connectivity index (χ3n) is 4.48. The normalized spacial score (nSPS) is 11.5. The van der Waals surface area contributed by atoms with Crippen molar-refractivity contribution in [3.05, 3.63) is 75.3 Å². The summed E-state index contributed by atoms with van der Waals surface area (Å²) in [5.74, 6) is -0.597. The number of likely N-dealkylation sites (N-methyl/N-ethyl adjacent to an activating group) is 1. The lowest BCUT2D eigenvalue weighted by Gasteiger charge is -2.29. The van der Waals surface area contributed by atoms with E-state index in [2.05, 4.69) is 5.32 Å². The van der Waals surface area contributed by atoms with Gasteiger partial charge in [-0.15, -0.1) is 0 Å². The van der Waals surface area contributed by atoms with Gasteiger partial charge in [-0.05, 0) is 26.3 Å². The summed E-state index contributed by atoms with van der Waals surface area (Å²) in [5, 5.41) is 14.0. The zero-order valence-electron chi connectivity index (χ0n) is 16.3. The number of nitrogens with one attached hydrogen (secondary N) is 1. The predicted molar refractivity (Wildman–Crippen MR) is 107 cm³/mol. The van der Waals surface area contributed by atoms with Crippen LogP contribution in [0.4, 0.5) is 5.69 Å². The van der Waals surface area contributed by atoms with E-state index in [0.717, 1.165) is 11.1 Å². The van der Waals surface area contributed by atoms with Gasteiger partial charge in [0.05, 0.1) is 11.3 Å². The molecule has 0 saturated carbocycles. The van der Waals surface area contributed by atoms with Crippen LogP contribution in [0.15, 0.2) is 48.5 Å². The Morgan fingerprint density at radius 3 is 2.54 bits per heavy atom. The zero-order chi connectivity index (χ0) is 20.7. The van der Waals surface area contributed by atoms with Crippen molar-refractivity contribution in [2.24, 2.45) is 0 Å². The molecule has 0 aliphatic rings. The fourth-order valence-electron chi connectivity index (χ4n) is 3.01. The molecule has 0 radical (unpaired) electrons. The molecule has 7 heteroatoms. The van der Waals surface area contributed by atoms with E-state index in [1.807, 2.05) is 38.1 Å². The van der Waals surface area contributed by atoms with Crippen LogP contribution in [-0.4, -0.2) is 34.2 Å². The first-order valence-corrected chi connectivity index (χ1v) is 9.18. The summed E-state index contributed by atoms with van der Waals surface area (Å²) in [6, 6.07) is 13.2. The molecule has 1 N–H and O–H groups in total. The summed E-state index contributed by atoms with van der Waals surface area (Å²) in [7, 11) is 0. The summed E-state index contributed by atoms with van der Waals surface area (Å²) >= 11 is 0. The van der Waals surface area contributed by atoms with Crippen LogP contribution >= 0.6 is 0 Å². The molecule has 148 valence electrons. The lowest BCUT2D eigenvalue weighted by molar-refractivity contribution is -0.385. The lowest BCUT2D eigenvalue weighted by Crippen LogP contribution is -2.48. The van der Waals surface area contributed by atoms with Crippen LogP contribution in [0.5, 0.6) is 0 Å². The highest BCUT2D eigenvalue weighted by Gasteiger charge is 2.27. The van der Waals surface area contributed by atoms with Gasteiger partial charge in [0, 0.05) is 24.7 Å². The van der Waals surface area contributed by atoms with Crippen molar-refractivity contribution in [3.8, 4) is 0 Å². The number of carbonyl (C=O) groups excluding carboxylic acids is 2. The molecule has 1 atom stereocenters. The van der Waals surface area contributed by atoms with Gasteiger partial charge in [-0.1, -0.05) is 48.0 Å². The van der Waals surface area contributed by atoms with E-state index in [9.17, 15) is 19.7 Å². The molecule has 0 spiro atoms. The molecule has 2 aromatic carbocycles. The molecule has 0 fully saturated rings. The number of amides is 2. The maximum Gasteiger partial charge on any atom is 0.273 e. The predicted octanol–water partition coefficient (Wildman–Crippen LogP) is 3.00. The van der Waals surface area contributed by atoms with Crippen molar-refractivity contribution >= 4 is 17.5 Å². The molecule has 1 unspecified atom stereocenters. The third kappa shape index (κ3) is 5.39. The Bertz CT molecular complexity index is 866. The van der Waals surface area contributed by atoms with Crippen LogP contribution < -0.4 is 5.32 Å². The summed E-state index contributed by atoms with van der Waals surface area (Å²) in [4.78, 5) is 37.6. The number of hydrogen-bond donors (Lipinski definition) is 1. The van der Waals surface area contributed by atoms with Gasteiger partial charge in [-0.25, -0.2) is 0 Å². The average Bonchev–Trinajstić information content (AvgIpc) is 2.66. The van der Waals surface area contributed by atoms with Crippen molar-refractivity contribution in [2.45, 2.75) is 39.8 Å². The maximum atomic E-state index is 13.1. The van der Waals surface area contributed by atoms with Crippen molar-refractivity contribution in [3.63, 3.8) is 0 Å². The first kappa shape index (κ1) is 21.1. The molecule has 2 amide bonds. The fourth-order valence-corrected chi connectivity index (χ4v) is 3.01. The molecule has 0 aliphatic heterocycles. The largest absolute Gasteiger partial charge is 0.355 e. The quantitative estimate of drug-likeness (QED) is 0.560. The molecule has 2 aromatic rings. The van der Waals surface area contributed by atoms with Gasteiger partial charge in [0.1, 0.15) is 6.04 Å². The maximum absolute atomic E-state index is 13.1. The van der Waals surface area contributed by atoms with Gasteiger partial charge in [-0.3, -0.25) is 19.7 Å². The molecule has 0 heterocycles. The van der Waals surface area contributed by atoms with Gasteiger partial charge in [-0.2, -0.15) is 0 Å². The van der Waals surface area contributed by atoms with E-state index in [1.54, 1.807) is 25.1 Å². The van der Waals surface area contributed by atoms with Crippen LogP contribution in [0.3, 0.4) is 0 Å². The average molecular weight is 383 g/mol. The van der Waals surface area contributed by atoms with Crippen LogP contribution in [-0.2, 0) is 22.6 Å². The molecule has 0 saturated heterocycles. The first-order chi connectivity index (χ1) is 13.3. The van der Waals surface area contributed by atoms with E-state index in [1.165, 1.54) is 11.0 Å². The van der Waals surface area contributed by atoms with Crippen LogP contribution in [0.1, 0.15) is 30.5 Å². The number of nitro groups is 1. The highest BCUT2D eigenvalue weighted by molar-refractivity contribution is 5.88. The smallest absolute Gasteiger partial charge is 0.273 e. The number of para-hydroxylation sites is 1. The second-order valence-electron chi connectivity index (χ2n) is 6.64. The second kappa shape index (κ2) is 9.64. The van der Waals surface area contributed by atoms with Crippen LogP contribution in [0.2, 0.25) is 0 Å². The third-order valence-corrected chi connectivity index (χ3v) is 4.48. The Kier molecular flexibility index (Phi) is 7.26. The van der Waals surface area contributed by atoms with Crippen LogP contribution in [0.25, 0.3) is 0 Å². The van der Waals surface area contributed by atoms with Crippen molar-refractivity contribution in [2.75, 3.05) is 6.54 Å². The van der Waals surface area contributed by atoms with Gasteiger partial charge in [0.15, 0.2) is 0 Å². The summed E-state index contributed by atoms with van der Waals surface area (Å²) in [6.07, 6.45) is -0.146. The second-order valence-corrected chi connectivity index (χ2v) is 6.64. The van der Waals surface area contributed by atoms with E-state index in [4.69, 9.17) is 0 Å². The zero-order valence-corrected chi connectivity index (χ0v) is 16.3. The Labute approximate surface area is 164 Å². The molecular formula is C21H25N3O4. The van der Waals surface area contributed by atoms with E-state index in [0.29, 0.717) is 12.1 Å². The Morgan fingerprint density at radius 1 is 1.18 bits per heavy atom.